The fourth-order valence-electron chi connectivity index (χ4n) is 5.04. The van der Waals surface area contributed by atoms with E-state index in [2.05, 4.69) is 22.3 Å². The smallest absolute Gasteiger partial charge is 0.251 e. The molecule has 0 aliphatic carbocycles. The number of likely N-dealkylation sites (tertiary alicyclic amines) is 1. The number of benzene rings is 2. The van der Waals surface area contributed by atoms with Crippen LogP contribution in [0.25, 0.3) is 0 Å². The molecule has 7 nitrogen and oxygen atoms in total. The van der Waals surface area contributed by atoms with Gasteiger partial charge in [0.1, 0.15) is 5.75 Å². The van der Waals surface area contributed by atoms with Gasteiger partial charge in [-0.05, 0) is 87.5 Å². The number of nitrogens with one attached hydrogen (secondary N) is 1. The first-order chi connectivity index (χ1) is 16.9. The summed E-state index contributed by atoms with van der Waals surface area (Å²) in [7, 11) is -1.92. The second-order valence-corrected chi connectivity index (χ2v) is 11.7. The van der Waals surface area contributed by atoms with Gasteiger partial charge in [0.05, 0.1) is 12.0 Å². The van der Waals surface area contributed by atoms with Crippen LogP contribution in [-0.4, -0.2) is 62.9 Å². The standard InChI is InChI=1S/C27H37N3O4S/c1-21-6-3-4-15-30(21)35(32,33)26-8-5-7-24(18-26)27(31)28-19-22-13-16-29(17-14-22)20-23-9-11-25(34-2)12-10-23/h5,7-12,18,21-22H,3-4,6,13-17,19-20H2,1-2H3,(H,28,31). The summed E-state index contributed by atoms with van der Waals surface area (Å²) < 4.78 is 33.1. The van der Waals surface area contributed by atoms with E-state index in [1.54, 1.807) is 29.6 Å². The van der Waals surface area contributed by atoms with Crippen LogP contribution in [0.15, 0.2) is 53.4 Å². The summed E-state index contributed by atoms with van der Waals surface area (Å²) in [6.07, 6.45) is 4.85. The van der Waals surface area contributed by atoms with Gasteiger partial charge < -0.3 is 10.1 Å². The minimum absolute atomic E-state index is 0.0122. The van der Waals surface area contributed by atoms with Crippen LogP contribution < -0.4 is 10.1 Å². The second-order valence-electron chi connectivity index (χ2n) is 9.77. The van der Waals surface area contributed by atoms with Gasteiger partial charge in [-0.2, -0.15) is 4.31 Å². The second kappa shape index (κ2) is 11.5. The fourth-order valence-corrected chi connectivity index (χ4v) is 6.78. The van der Waals surface area contributed by atoms with Gasteiger partial charge in [0, 0.05) is 31.2 Å². The monoisotopic (exact) mass is 499 g/mol. The maximum atomic E-state index is 13.2. The van der Waals surface area contributed by atoms with Gasteiger partial charge in [-0.3, -0.25) is 9.69 Å². The molecule has 0 spiro atoms. The van der Waals surface area contributed by atoms with Crippen molar-refractivity contribution in [2.24, 2.45) is 5.92 Å². The molecule has 2 aliphatic rings. The van der Waals surface area contributed by atoms with E-state index < -0.39 is 10.0 Å². The number of nitrogens with zero attached hydrogens (tertiary/aromatic N) is 2. The first kappa shape index (κ1) is 25.7. The van der Waals surface area contributed by atoms with E-state index >= 15 is 0 Å². The molecule has 4 rings (SSSR count). The molecule has 2 saturated heterocycles. The summed E-state index contributed by atoms with van der Waals surface area (Å²) in [4.78, 5) is 15.5. The number of sulfonamides is 1. The van der Waals surface area contributed by atoms with Crippen LogP contribution in [0.4, 0.5) is 0 Å². The van der Waals surface area contributed by atoms with Gasteiger partial charge >= 0.3 is 0 Å². The largest absolute Gasteiger partial charge is 0.497 e. The van der Waals surface area contributed by atoms with E-state index in [-0.39, 0.29) is 16.8 Å². The molecular weight excluding hydrogens is 462 g/mol. The Morgan fingerprint density at radius 3 is 2.46 bits per heavy atom. The first-order valence-electron chi connectivity index (χ1n) is 12.6. The molecule has 2 fully saturated rings. The lowest BCUT2D eigenvalue weighted by Crippen LogP contribution is -2.42. The van der Waals surface area contributed by atoms with Gasteiger partial charge in [0.2, 0.25) is 10.0 Å². The highest BCUT2D eigenvalue weighted by molar-refractivity contribution is 7.89. The molecule has 0 radical (unpaired) electrons. The van der Waals surface area contributed by atoms with Crippen LogP contribution in [0.1, 0.15) is 54.9 Å². The van der Waals surface area contributed by atoms with E-state index in [1.165, 1.54) is 11.6 Å². The highest BCUT2D eigenvalue weighted by Crippen LogP contribution is 2.26. The Hall–Kier alpha value is -2.42. The molecule has 2 aromatic rings. The molecule has 0 aromatic heterocycles. The highest BCUT2D eigenvalue weighted by atomic mass is 32.2. The minimum atomic E-state index is -3.60. The van der Waals surface area contributed by atoms with E-state index in [0.29, 0.717) is 24.6 Å². The van der Waals surface area contributed by atoms with Crippen molar-refractivity contribution < 1.29 is 17.9 Å². The molecule has 1 N–H and O–H groups in total. The molecule has 35 heavy (non-hydrogen) atoms. The van der Waals surface area contributed by atoms with Crippen LogP contribution in [0.2, 0.25) is 0 Å². The lowest BCUT2D eigenvalue weighted by atomic mass is 9.96. The molecule has 2 aliphatic heterocycles. The van der Waals surface area contributed by atoms with Crippen LogP contribution in [0.3, 0.4) is 0 Å². The van der Waals surface area contributed by atoms with Gasteiger partial charge in [-0.25, -0.2) is 8.42 Å². The van der Waals surface area contributed by atoms with Crippen molar-refractivity contribution in [2.45, 2.75) is 56.5 Å². The topological polar surface area (TPSA) is 79.0 Å². The summed E-state index contributed by atoms with van der Waals surface area (Å²) in [6.45, 7) is 6.00. The van der Waals surface area contributed by atoms with E-state index in [1.807, 2.05) is 19.1 Å². The van der Waals surface area contributed by atoms with E-state index in [0.717, 1.165) is 57.5 Å². The van der Waals surface area contributed by atoms with Crippen LogP contribution in [0, 0.1) is 5.92 Å². The maximum absolute atomic E-state index is 13.2. The number of piperidine rings is 2. The molecule has 0 saturated carbocycles. The van der Waals surface area contributed by atoms with Gasteiger partial charge in [0.15, 0.2) is 0 Å². The molecular formula is C27H37N3O4S. The van der Waals surface area contributed by atoms with Crippen LogP contribution in [-0.2, 0) is 16.6 Å². The summed E-state index contributed by atoms with van der Waals surface area (Å²) in [6, 6.07) is 14.6. The van der Waals surface area contributed by atoms with Gasteiger partial charge in [0.25, 0.3) is 5.91 Å². The quantitative estimate of drug-likeness (QED) is 0.596. The molecule has 190 valence electrons. The summed E-state index contributed by atoms with van der Waals surface area (Å²) >= 11 is 0. The Balaban J connectivity index is 1.27. The van der Waals surface area contributed by atoms with Crippen molar-refractivity contribution in [1.82, 2.24) is 14.5 Å². The van der Waals surface area contributed by atoms with Crippen molar-refractivity contribution >= 4 is 15.9 Å². The zero-order valence-electron chi connectivity index (χ0n) is 20.8. The lowest BCUT2D eigenvalue weighted by molar-refractivity contribution is 0.0935. The normalized spacial score (nSPS) is 20.5. The average Bonchev–Trinajstić information content (AvgIpc) is 2.89. The first-order valence-corrected chi connectivity index (χ1v) is 14.1. The number of hydrogen-bond donors (Lipinski definition) is 1. The van der Waals surface area contributed by atoms with E-state index in [9.17, 15) is 13.2 Å². The molecule has 1 atom stereocenters. The molecule has 1 unspecified atom stereocenters. The number of hydrogen-bond acceptors (Lipinski definition) is 5. The van der Waals surface area contributed by atoms with Crippen LogP contribution in [0.5, 0.6) is 5.75 Å². The summed E-state index contributed by atoms with van der Waals surface area (Å²) in [5, 5.41) is 3.03. The summed E-state index contributed by atoms with van der Waals surface area (Å²) in [5.74, 6) is 1.08. The van der Waals surface area contributed by atoms with Crippen molar-refractivity contribution in [1.29, 1.82) is 0 Å². The zero-order chi connectivity index (χ0) is 24.8. The van der Waals surface area contributed by atoms with Crippen LogP contribution >= 0.6 is 0 Å². The maximum Gasteiger partial charge on any atom is 0.251 e. The van der Waals surface area contributed by atoms with Gasteiger partial charge in [-0.1, -0.05) is 24.6 Å². The number of ether oxygens (including phenoxy) is 1. The number of methoxy groups -OCH3 is 1. The number of carbonyl (C=O) groups is 1. The predicted molar refractivity (Wildman–Crippen MR) is 137 cm³/mol. The Bertz CT molecular complexity index is 1100. The number of rotatable bonds is 8. The summed E-state index contributed by atoms with van der Waals surface area (Å²) in [5.41, 5.74) is 1.67. The fraction of sp³-hybridized carbons (Fsp3) is 0.519. The lowest BCUT2D eigenvalue weighted by Gasteiger charge is -2.32. The number of carbonyl (C=O) groups excluding carboxylic acids is 1. The predicted octanol–water partition coefficient (Wildman–Crippen LogP) is 3.90. The zero-order valence-corrected chi connectivity index (χ0v) is 21.6. The average molecular weight is 500 g/mol. The Labute approximate surface area is 209 Å². The van der Waals surface area contributed by atoms with Crippen molar-refractivity contribution in [3.63, 3.8) is 0 Å². The Morgan fingerprint density at radius 2 is 1.77 bits per heavy atom. The Morgan fingerprint density at radius 1 is 1.03 bits per heavy atom. The third-order valence-corrected chi connectivity index (χ3v) is 9.28. The third-order valence-electron chi connectivity index (χ3n) is 7.27. The van der Waals surface area contributed by atoms with Crippen molar-refractivity contribution in [2.75, 3.05) is 33.3 Å². The SMILES string of the molecule is COc1ccc(CN2CCC(CNC(=O)c3cccc(S(=O)(=O)N4CCCCC4C)c3)CC2)cc1. The molecule has 2 heterocycles. The Kier molecular flexibility index (Phi) is 8.46. The van der Waals surface area contributed by atoms with Crippen molar-refractivity contribution in [3.05, 3.63) is 59.7 Å². The molecule has 8 heteroatoms. The molecule has 0 bridgehead atoms. The number of amides is 1. The van der Waals surface area contributed by atoms with Crippen molar-refractivity contribution in [3.8, 4) is 5.75 Å². The minimum Gasteiger partial charge on any atom is -0.497 e. The molecule has 1 amide bonds. The molecule has 2 aromatic carbocycles. The highest BCUT2D eigenvalue weighted by Gasteiger charge is 2.31. The van der Waals surface area contributed by atoms with Gasteiger partial charge in [-0.15, -0.1) is 0 Å². The van der Waals surface area contributed by atoms with E-state index in [4.69, 9.17) is 4.74 Å². The third kappa shape index (κ3) is 6.42.